The third-order valence-electron chi connectivity index (χ3n) is 14.5. The highest BCUT2D eigenvalue weighted by Gasteiger charge is 2.20. The summed E-state index contributed by atoms with van der Waals surface area (Å²) in [4.78, 5) is 4.69. The minimum Gasteiger partial charge on any atom is -0.455 e. The fraction of sp³-hybridized carbons (Fsp3) is 0. The first-order valence-corrected chi connectivity index (χ1v) is 23.9. The molecule has 326 valence electrons. The number of furan rings is 2. The fourth-order valence-electron chi connectivity index (χ4n) is 11.2. The molecule has 0 bridgehead atoms. The Morgan fingerprint density at radius 2 is 0.543 bits per heavy atom. The van der Waals surface area contributed by atoms with E-state index in [2.05, 4.69) is 252 Å². The maximum atomic E-state index is 6.85. The van der Waals surface area contributed by atoms with Gasteiger partial charge in [-0.25, -0.2) is 0 Å². The van der Waals surface area contributed by atoms with Crippen molar-refractivity contribution in [2.24, 2.45) is 0 Å². The Balaban J connectivity index is 0.822. The van der Waals surface area contributed by atoms with Crippen LogP contribution < -0.4 is 9.80 Å². The van der Waals surface area contributed by atoms with Crippen LogP contribution in [0.25, 0.3) is 109 Å². The molecule has 0 aliphatic carbocycles. The lowest BCUT2D eigenvalue weighted by atomic mass is 10.0. The molecule has 0 N–H and O–H groups in total. The van der Waals surface area contributed by atoms with Crippen LogP contribution in [-0.4, -0.2) is 0 Å². The highest BCUT2D eigenvalue weighted by atomic mass is 16.3. The van der Waals surface area contributed by atoms with Gasteiger partial charge in [0.2, 0.25) is 0 Å². The summed E-state index contributed by atoms with van der Waals surface area (Å²) in [7, 11) is 0. The minimum absolute atomic E-state index is 0.841. The van der Waals surface area contributed by atoms with E-state index < -0.39 is 0 Å². The van der Waals surface area contributed by atoms with E-state index >= 15 is 0 Å². The van der Waals surface area contributed by atoms with Crippen molar-refractivity contribution in [1.82, 2.24) is 0 Å². The maximum Gasteiger partial charge on any atom is 0.143 e. The minimum atomic E-state index is 0.841. The Kier molecular flexibility index (Phi) is 8.33. The quantitative estimate of drug-likeness (QED) is 0.156. The summed E-state index contributed by atoms with van der Waals surface area (Å²) in [6, 6.07) is 87.5. The number of hydrogen-bond donors (Lipinski definition) is 0. The molecule has 0 unspecified atom stereocenters. The van der Waals surface area contributed by atoms with Gasteiger partial charge in [-0.05, 0) is 163 Å². The number of nitrogens with zero attached hydrogens (tertiary/aromatic N) is 2. The van der Waals surface area contributed by atoms with Crippen LogP contribution in [0.4, 0.5) is 34.1 Å². The van der Waals surface area contributed by atoms with Gasteiger partial charge in [-0.3, -0.25) is 0 Å². The van der Waals surface area contributed by atoms with E-state index in [1.165, 1.54) is 43.1 Å². The summed E-state index contributed by atoms with van der Waals surface area (Å²) >= 11 is 0. The standard InChI is InChI=1S/C66H40N2O2/c1-3-13-47(14-4-1)67(51-27-23-43-21-19-41-11-7-9-17-53(41)59(43)37-51)49-29-33-55-45(35-49)25-31-57-61-39-64-62(40-63(61)69-65(55)57)58-32-26-46-36-50(30-34-56(46)66(58)70-64)68(48-15-5-2-6-16-48)52-28-24-44-22-20-42-12-8-10-18-54(42)60(44)38-52/h1-40H. The van der Waals surface area contributed by atoms with Crippen LogP contribution in [0, 0.1) is 0 Å². The van der Waals surface area contributed by atoms with Crippen molar-refractivity contribution in [3.05, 3.63) is 243 Å². The topological polar surface area (TPSA) is 32.8 Å². The van der Waals surface area contributed by atoms with E-state index in [0.717, 1.165) is 99.5 Å². The second kappa shape index (κ2) is 15.1. The molecule has 13 aromatic carbocycles. The average molecular weight is 893 g/mol. The summed E-state index contributed by atoms with van der Waals surface area (Å²) in [6.07, 6.45) is 0. The van der Waals surface area contributed by atoms with Crippen LogP contribution in [0.2, 0.25) is 0 Å². The molecule has 2 heterocycles. The molecule has 0 saturated carbocycles. The molecule has 4 nitrogen and oxygen atoms in total. The van der Waals surface area contributed by atoms with Crippen molar-refractivity contribution >= 4 is 143 Å². The van der Waals surface area contributed by atoms with Crippen LogP contribution >= 0.6 is 0 Å². The number of fused-ring (bicyclic) bond motifs is 16. The second-order valence-corrected chi connectivity index (χ2v) is 18.5. The van der Waals surface area contributed by atoms with E-state index in [1.54, 1.807) is 0 Å². The highest BCUT2D eigenvalue weighted by Crippen LogP contribution is 2.45. The molecule has 0 radical (unpaired) electrons. The van der Waals surface area contributed by atoms with Crippen LogP contribution in [0.15, 0.2) is 251 Å². The number of anilines is 6. The number of rotatable bonds is 6. The molecule has 0 spiro atoms. The number of para-hydroxylation sites is 2. The third-order valence-corrected chi connectivity index (χ3v) is 14.5. The first kappa shape index (κ1) is 38.7. The van der Waals surface area contributed by atoms with Gasteiger partial charge in [-0.1, -0.05) is 133 Å². The monoisotopic (exact) mass is 892 g/mol. The molecule has 0 aliphatic rings. The lowest BCUT2D eigenvalue weighted by Crippen LogP contribution is -2.09. The van der Waals surface area contributed by atoms with Crippen molar-refractivity contribution in [2.45, 2.75) is 0 Å². The summed E-state index contributed by atoms with van der Waals surface area (Å²) in [6.45, 7) is 0. The molecule has 0 saturated heterocycles. The van der Waals surface area contributed by atoms with Crippen LogP contribution in [0.1, 0.15) is 0 Å². The lowest BCUT2D eigenvalue weighted by Gasteiger charge is -2.26. The molecule has 15 aromatic rings. The van der Waals surface area contributed by atoms with Gasteiger partial charge in [-0.2, -0.15) is 0 Å². The van der Waals surface area contributed by atoms with Gasteiger partial charge in [0.1, 0.15) is 22.3 Å². The number of hydrogen-bond acceptors (Lipinski definition) is 4. The first-order chi connectivity index (χ1) is 34.7. The maximum absolute atomic E-state index is 6.85. The largest absolute Gasteiger partial charge is 0.455 e. The molecule has 15 rings (SSSR count). The zero-order valence-electron chi connectivity index (χ0n) is 37.8. The van der Waals surface area contributed by atoms with E-state index in [9.17, 15) is 0 Å². The molecular formula is C66H40N2O2. The zero-order chi connectivity index (χ0) is 45.9. The zero-order valence-corrected chi connectivity index (χ0v) is 37.8. The van der Waals surface area contributed by atoms with Crippen molar-refractivity contribution in [3.8, 4) is 0 Å². The van der Waals surface area contributed by atoms with Gasteiger partial charge in [0.25, 0.3) is 0 Å². The van der Waals surface area contributed by atoms with E-state index in [0.29, 0.717) is 0 Å². The Hall–Kier alpha value is -9.38. The lowest BCUT2D eigenvalue weighted by molar-refractivity contribution is 0.667. The Bertz CT molecular complexity index is 4310. The van der Waals surface area contributed by atoms with Crippen molar-refractivity contribution in [1.29, 1.82) is 0 Å². The smallest absolute Gasteiger partial charge is 0.143 e. The molecule has 0 amide bonds. The summed E-state index contributed by atoms with van der Waals surface area (Å²) < 4.78 is 13.7. The number of benzene rings is 13. The van der Waals surface area contributed by atoms with Gasteiger partial charge in [0.15, 0.2) is 0 Å². The summed E-state index contributed by atoms with van der Waals surface area (Å²) in [5.74, 6) is 0. The van der Waals surface area contributed by atoms with Crippen molar-refractivity contribution in [2.75, 3.05) is 9.80 Å². The highest BCUT2D eigenvalue weighted by molar-refractivity contribution is 6.22. The molecule has 0 aliphatic heterocycles. The Morgan fingerprint density at radius 3 is 1.00 bits per heavy atom. The second-order valence-electron chi connectivity index (χ2n) is 18.5. The van der Waals surface area contributed by atoms with Crippen molar-refractivity contribution in [3.63, 3.8) is 0 Å². The van der Waals surface area contributed by atoms with Gasteiger partial charge in [0, 0.05) is 66.4 Å². The van der Waals surface area contributed by atoms with E-state index in [-0.39, 0.29) is 0 Å². The average Bonchev–Trinajstić information content (AvgIpc) is 3.98. The van der Waals surface area contributed by atoms with Gasteiger partial charge in [-0.15, -0.1) is 0 Å². The molecule has 0 atom stereocenters. The van der Waals surface area contributed by atoms with E-state index in [1.807, 2.05) is 0 Å². The molecular weight excluding hydrogens is 853 g/mol. The molecule has 4 heteroatoms. The van der Waals surface area contributed by atoms with Crippen LogP contribution in [0.3, 0.4) is 0 Å². The van der Waals surface area contributed by atoms with E-state index in [4.69, 9.17) is 8.83 Å². The SMILES string of the molecule is c1ccc(N(c2ccc3c(ccc4c5cc6oc7c8ccc(N(c9ccccc9)c9ccc%10ccc%11ccccc%11c%10c9)cc8ccc7c6cc5oc34)c2)c2ccc3ccc4ccccc4c3c2)cc1. The Morgan fingerprint density at radius 1 is 0.200 bits per heavy atom. The van der Waals surface area contributed by atoms with Crippen LogP contribution in [0.5, 0.6) is 0 Å². The molecule has 70 heavy (non-hydrogen) atoms. The first-order valence-electron chi connectivity index (χ1n) is 23.9. The fourth-order valence-corrected chi connectivity index (χ4v) is 11.2. The van der Waals surface area contributed by atoms with Gasteiger partial charge < -0.3 is 18.6 Å². The van der Waals surface area contributed by atoms with Crippen molar-refractivity contribution < 1.29 is 8.83 Å². The van der Waals surface area contributed by atoms with Gasteiger partial charge in [0.05, 0.1) is 0 Å². The van der Waals surface area contributed by atoms with Crippen LogP contribution in [-0.2, 0) is 0 Å². The predicted molar refractivity (Wildman–Crippen MR) is 295 cm³/mol. The summed E-state index contributed by atoms with van der Waals surface area (Å²) in [5, 5.41) is 18.5. The Labute approximate surface area is 402 Å². The predicted octanol–water partition coefficient (Wildman–Crippen LogP) is 19.3. The normalized spacial score (nSPS) is 12.0. The summed E-state index contributed by atoms with van der Waals surface area (Å²) in [5.41, 5.74) is 9.98. The molecule has 2 aromatic heterocycles. The van der Waals surface area contributed by atoms with Gasteiger partial charge >= 0.3 is 0 Å². The molecule has 0 fully saturated rings. The third kappa shape index (κ3) is 5.97.